The molecule has 0 unspecified atom stereocenters. The predicted molar refractivity (Wildman–Crippen MR) is 71.2 cm³/mol. The van der Waals surface area contributed by atoms with Crippen LogP contribution < -0.4 is 5.73 Å². The summed E-state index contributed by atoms with van der Waals surface area (Å²) in [5.41, 5.74) is 5.96. The molecule has 2 rings (SSSR count). The fourth-order valence-corrected chi connectivity index (χ4v) is 2.94. The molecule has 2 heterocycles. The topological polar surface area (TPSA) is 42.2 Å². The SMILES string of the molecule is CCc1ncc(CN2CCC[C@@H](N)C2)s1.Cl. The van der Waals surface area contributed by atoms with Gasteiger partial charge in [0.05, 0.1) is 5.01 Å². The normalized spacial score (nSPS) is 21.8. The minimum atomic E-state index is 0. The van der Waals surface area contributed by atoms with Gasteiger partial charge in [-0.2, -0.15) is 0 Å². The molecule has 0 saturated carbocycles. The van der Waals surface area contributed by atoms with Crippen molar-refractivity contribution < 1.29 is 0 Å². The zero-order valence-corrected chi connectivity index (χ0v) is 11.3. The zero-order chi connectivity index (χ0) is 10.7. The minimum Gasteiger partial charge on any atom is -0.327 e. The van der Waals surface area contributed by atoms with Gasteiger partial charge in [-0.15, -0.1) is 23.7 Å². The van der Waals surface area contributed by atoms with E-state index in [2.05, 4.69) is 16.8 Å². The van der Waals surface area contributed by atoms with Crippen molar-refractivity contribution in [2.45, 2.75) is 38.8 Å². The van der Waals surface area contributed by atoms with E-state index in [-0.39, 0.29) is 12.4 Å². The average Bonchev–Trinajstić information content (AvgIpc) is 2.65. The molecule has 1 aromatic rings. The second-order valence-electron chi connectivity index (χ2n) is 4.21. The molecule has 5 heteroatoms. The van der Waals surface area contributed by atoms with Crippen LogP contribution in [0.15, 0.2) is 6.20 Å². The van der Waals surface area contributed by atoms with E-state index in [1.54, 1.807) is 0 Å². The molecule has 2 N–H and O–H groups in total. The van der Waals surface area contributed by atoms with Crippen LogP contribution in [0.3, 0.4) is 0 Å². The first-order chi connectivity index (χ1) is 7.28. The highest BCUT2D eigenvalue weighted by atomic mass is 35.5. The van der Waals surface area contributed by atoms with Gasteiger partial charge in [0, 0.05) is 30.2 Å². The van der Waals surface area contributed by atoms with E-state index < -0.39 is 0 Å². The summed E-state index contributed by atoms with van der Waals surface area (Å²) < 4.78 is 0. The van der Waals surface area contributed by atoms with Gasteiger partial charge in [-0.25, -0.2) is 4.98 Å². The van der Waals surface area contributed by atoms with Crippen LogP contribution >= 0.6 is 23.7 Å². The maximum absolute atomic E-state index is 5.96. The van der Waals surface area contributed by atoms with E-state index in [1.165, 1.54) is 29.3 Å². The number of halogens is 1. The number of thiazole rings is 1. The maximum atomic E-state index is 5.96. The number of hydrogen-bond acceptors (Lipinski definition) is 4. The number of likely N-dealkylation sites (tertiary alicyclic amines) is 1. The highest BCUT2D eigenvalue weighted by molar-refractivity contribution is 7.11. The summed E-state index contributed by atoms with van der Waals surface area (Å²) >= 11 is 1.83. The summed E-state index contributed by atoms with van der Waals surface area (Å²) in [6.07, 6.45) is 5.48. The van der Waals surface area contributed by atoms with Crippen molar-refractivity contribution in [2.75, 3.05) is 13.1 Å². The van der Waals surface area contributed by atoms with Crippen molar-refractivity contribution in [1.29, 1.82) is 0 Å². The first-order valence-electron chi connectivity index (χ1n) is 5.69. The molecular weight excluding hydrogens is 242 g/mol. The molecule has 1 fully saturated rings. The van der Waals surface area contributed by atoms with Gasteiger partial charge >= 0.3 is 0 Å². The van der Waals surface area contributed by atoms with Crippen LogP contribution in [-0.4, -0.2) is 29.0 Å². The Bertz CT molecular complexity index is 316. The molecule has 1 aromatic heterocycles. The van der Waals surface area contributed by atoms with Crippen LogP contribution in [0.2, 0.25) is 0 Å². The van der Waals surface area contributed by atoms with Crippen molar-refractivity contribution in [1.82, 2.24) is 9.88 Å². The van der Waals surface area contributed by atoms with Crippen molar-refractivity contribution in [3.05, 3.63) is 16.1 Å². The number of nitrogens with zero attached hydrogens (tertiary/aromatic N) is 2. The standard InChI is InChI=1S/C11H19N3S.ClH/c1-2-11-13-6-10(15-11)8-14-5-3-4-9(12)7-14;/h6,9H,2-5,7-8,12H2,1H3;1H/t9-;/m1./s1. The van der Waals surface area contributed by atoms with Crippen molar-refractivity contribution in [2.24, 2.45) is 5.73 Å². The van der Waals surface area contributed by atoms with Crippen LogP contribution in [0.4, 0.5) is 0 Å². The second-order valence-corrected chi connectivity index (χ2v) is 5.41. The fourth-order valence-electron chi connectivity index (χ4n) is 2.04. The molecule has 0 spiro atoms. The number of rotatable bonds is 3. The lowest BCUT2D eigenvalue weighted by molar-refractivity contribution is 0.203. The largest absolute Gasteiger partial charge is 0.327 e. The molecule has 92 valence electrons. The van der Waals surface area contributed by atoms with E-state index >= 15 is 0 Å². The molecule has 1 saturated heterocycles. The smallest absolute Gasteiger partial charge is 0.0925 e. The Labute approximate surface area is 107 Å². The van der Waals surface area contributed by atoms with Crippen LogP contribution in [0.5, 0.6) is 0 Å². The first-order valence-corrected chi connectivity index (χ1v) is 6.51. The Balaban J connectivity index is 0.00000128. The van der Waals surface area contributed by atoms with E-state index in [0.717, 1.165) is 19.5 Å². The molecule has 3 nitrogen and oxygen atoms in total. The summed E-state index contributed by atoms with van der Waals surface area (Å²) in [5.74, 6) is 0. The highest BCUT2D eigenvalue weighted by Gasteiger charge is 2.17. The van der Waals surface area contributed by atoms with E-state index in [1.807, 2.05) is 17.5 Å². The lowest BCUT2D eigenvalue weighted by Gasteiger charge is -2.29. The number of piperidine rings is 1. The Kier molecular flexibility index (Phi) is 5.69. The Hall–Kier alpha value is -0.160. The van der Waals surface area contributed by atoms with Crippen LogP contribution in [0.25, 0.3) is 0 Å². The van der Waals surface area contributed by atoms with E-state index in [4.69, 9.17) is 5.73 Å². The van der Waals surface area contributed by atoms with E-state index in [0.29, 0.717) is 6.04 Å². The van der Waals surface area contributed by atoms with E-state index in [9.17, 15) is 0 Å². The lowest BCUT2D eigenvalue weighted by atomic mass is 10.1. The number of nitrogens with two attached hydrogens (primary N) is 1. The summed E-state index contributed by atoms with van der Waals surface area (Å²) in [4.78, 5) is 8.20. The maximum Gasteiger partial charge on any atom is 0.0925 e. The fraction of sp³-hybridized carbons (Fsp3) is 0.727. The van der Waals surface area contributed by atoms with Gasteiger partial charge in [-0.3, -0.25) is 4.90 Å². The van der Waals surface area contributed by atoms with Gasteiger partial charge in [0.25, 0.3) is 0 Å². The molecule has 0 aromatic carbocycles. The summed E-state index contributed by atoms with van der Waals surface area (Å²) in [7, 11) is 0. The molecule has 1 atom stereocenters. The summed E-state index contributed by atoms with van der Waals surface area (Å²) in [5, 5.41) is 1.24. The molecule has 0 bridgehead atoms. The van der Waals surface area contributed by atoms with Gasteiger partial charge in [0.15, 0.2) is 0 Å². The van der Waals surface area contributed by atoms with Gasteiger partial charge in [-0.1, -0.05) is 6.92 Å². The molecular formula is C11H20ClN3S. The lowest BCUT2D eigenvalue weighted by Crippen LogP contribution is -2.42. The number of aryl methyl sites for hydroxylation is 1. The summed E-state index contributed by atoms with van der Waals surface area (Å²) in [6.45, 7) is 5.41. The molecule has 0 aliphatic carbocycles. The Morgan fingerprint density at radius 1 is 1.62 bits per heavy atom. The van der Waals surface area contributed by atoms with Crippen molar-refractivity contribution >= 4 is 23.7 Å². The highest BCUT2D eigenvalue weighted by Crippen LogP contribution is 2.18. The molecule has 1 aliphatic rings. The third-order valence-corrected chi connectivity index (χ3v) is 3.95. The van der Waals surface area contributed by atoms with Crippen LogP contribution in [0.1, 0.15) is 29.7 Å². The zero-order valence-electron chi connectivity index (χ0n) is 9.69. The Morgan fingerprint density at radius 2 is 2.44 bits per heavy atom. The molecule has 1 aliphatic heterocycles. The molecule has 0 amide bonds. The summed E-state index contributed by atoms with van der Waals surface area (Å²) in [6, 6.07) is 0.373. The monoisotopic (exact) mass is 261 g/mol. The minimum absolute atomic E-state index is 0. The predicted octanol–water partition coefficient (Wildman–Crippen LogP) is 2.05. The second kappa shape index (κ2) is 6.55. The third-order valence-electron chi connectivity index (χ3n) is 2.83. The number of hydrogen-bond donors (Lipinski definition) is 1. The Morgan fingerprint density at radius 3 is 3.06 bits per heavy atom. The van der Waals surface area contributed by atoms with Gasteiger partial charge in [-0.05, 0) is 25.8 Å². The van der Waals surface area contributed by atoms with Gasteiger partial charge < -0.3 is 5.73 Å². The third kappa shape index (κ3) is 3.70. The van der Waals surface area contributed by atoms with Crippen molar-refractivity contribution in [3.8, 4) is 0 Å². The number of aromatic nitrogens is 1. The van der Waals surface area contributed by atoms with Gasteiger partial charge in [0.1, 0.15) is 0 Å². The quantitative estimate of drug-likeness (QED) is 0.906. The molecule has 0 radical (unpaired) electrons. The van der Waals surface area contributed by atoms with Crippen LogP contribution in [0, 0.1) is 0 Å². The van der Waals surface area contributed by atoms with Gasteiger partial charge in [0.2, 0.25) is 0 Å². The van der Waals surface area contributed by atoms with Crippen molar-refractivity contribution in [3.63, 3.8) is 0 Å². The molecule has 16 heavy (non-hydrogen) atoms. The van der Waals surface area contributed by atoms with Crippen LogP contribution in [-0.2, 0) is 13.0 Å². The first kappa shape index (κ1) is 13.9. The average molecular weight is 262 g/mol.